The van der Waals surface area contributed by atoms with Gasteiger partial charge in [0.2, 0.25) is 0 Å². The van der Waals surface area contributed by atoms with Crippen LogP contribution in [0.5, 0.6) is 0 Å². The maximum atomic E-state index is 5.89. The van der Waals surface area contributed by atoms with Gasteiger partial charge in [0.25, 0.3) is 0 Å². The number of nitrogens with one attached hydrogen (secondary N) is 1. The first kappa shape index (κ1) is 18.4. The molecule has 0 amide bonds. The molecule has 23 heavy (non-hydrogen) atoms. The van der Waals surface area contributed by atoms with Gasteiger partial charge in [0.15, 0.2) is 5.96 Å². The smallest absolute Gasteiger partial charge is 0.193 e. The number of nitrogens with zero attached hydrogens (tertiary/aromatic N) is 2. The van der Waals surface area contributed by atoms with Gasteiger partial charge in [-0.1, -0.05) is 0 Å². The van der Waals surface area contributed by atoms with E-state index in [9.17, 15) is 0 Å². The molecule has 2 fully saturated rings. The Labute approximate surface area is 139 Å². The standard InChI is InChI=1S/C16H31N3O4/c1-17-16(18-6-4-8-21-12-11-20-2)19-7-10-23-15(13-19)14-5-3-9-22-14/h14-15H,3-13H2,1-2H3,(H,17,18). The lowest BCUT2D eigenvalue weighted by molar-refractivity contribution is -0.0817. The highest BCUT2D eigenvalue weighted by molar-refractivity contribution is 5.80. The fraction of sp³-hybridized carbons (Fsp3) is 0.938. The average Bonchev–Trinajstić information content (AvgIpc) is 3.12. The van der Waals surface area contributed by atoms with Crippen molar-refractivity contribution >= 4 is 5.96 Å². The van der Waals surface area contributed by atoms with E-state index in [1.807, 2.05) is 7.05 Å². The lowest BCUT2D eigenvalue weighted by Gasteiger charge is -2.37. The Hall–Kier alpha value is -0.890. The van der Waals surface area contributed by atoms with Gasteiger partial charge < -0.3 is 29.2 Å². The third-order valence-electron chi connectivity index (χ3n) is 4.16. The molecule has 0 aromatic heterocycles. The number of ether oxygens (including phenoxy) is 4. The summed E-state index contributed by atoms with van der Waals surface area (Å²) in [5, 5.41) is 3.41. The molecule has 0 bridgehead atoms. The molecular formula is C16H31N3O4. The summed E-state index contributed by atoms with van der Waals surface area (Å²) >= 11 is 0. The van der Waals surface area contributed by atoms with E-state index >= 15 is 0 Å². The highest BCUT2D eigenvalue weighted by Gasteiger charge is 2.32. The van der Waals surface area contributed by atoms with Crippen molar-refractivity contribution in [2.45, 2.75) is 31.5 Å². The van der Waals surface area contributed by atoms with Crippen LogP contribution in [-0.2, 0) is 18.9 Å². The van der Waals surface area contributed by atoms with Crippen molar-refractivity contribution in [1.29, 1.82) is 0 Å². The second-order valence-corrected chi connectivity index (χ2v) is 5.84. The van der Waals surface area contributed by atoms with Crippen molar-refractivity contribution in [3.05, 3.63) is 0 Å². The Kier molecular flexibility index (Phi) is 8.67. The molecule has 2 rings (SSSR count). The monoisotopic (exact) mass is 329 g/mol. The highest BCUT2D eigenvalue weighted by atomic mass is 16.5. The summed E-state index contributed by atoms with van der Waals surface area (Å²) in [6.07, 6.45) is 3.58. The number of aliphatic imine (C=N–C) groups is 1. The van der Waals surface area contributed by atoms with E-state index in [4.69, 9.17) is 18.9 Å². The van der Waals surface area contributed by atoms with Crippen LogP contribution in [0.1, 0.15) is 19.3 Å². The zero-order valence-electron chi connectivity index (χ0n) is 14.5. The average molecular weight is 329 g/mol. The fourth-order valence-corrected chi connectivity index (χ4v) is 2.94. The summed E-state index contributed by atoms with van der Waals surface area (Å²) in [5.74, 6) is 0.938. The zero-order chi connectivity index (χ0) is 16.3. The van der Waals surface area contributed by atoms with Crippen LogP contribution in [0.3, 0.4) is 0 Å². The van der Waals surface area contributed by atoms with Crippen LogP contribution in [0.15, 0.2) is 4.99 Å². The number of hydrogen-bond donors (Lipinski definition) is 1. The molecule has 2 aliphatic rings. The van der Waals surface area contributed by atoms with Gasteiger partial charge in [0.1, 0.15) is 6.10 Å². The first-order valence-corrected chi connectivity index (χ1v) is 8.60. The van der Waals surface area contributed by atoms with Crippen molar-refractivity contribution < 1.29 is 18.9 Å². The minimum atomic E-state index is 0.155. The van der Waals surface area contributed by atoms with Crippen LogP contribution < -0.4 is 5.32 Å². The fourth-order valence-electron chi connectivity index (χ4n) is 2.94. The van der Waals surface area contributed by atoms with Crippen LogP contribution in [0.2, 0.25) is 0 Å². The number of morpholine rings is 1. The molecular weight excluding hydrogens is 298 g/mol. The summed E-state index contributed by atoms with van der Waals surface area (Å²) in [4.78, 5) is 6.66. The molecule has 2 heterocycles. The molecule has 0 radical (unpaired) electrons. The topological polar surface area (TPSA) is 64.6 Å². The first-order valence-electron chi connectivity index (χ1n) is 8.60. The van der Waals surface area contributed by atoms with Gasteiger partial charge >= 0.3 is 0 Å². The van der Waals surface area contributed by atoms with E-state index in [2.05, 4.69) is 15.2 Å². The quantitative estimate of drug-likeness (QED) is 0.397. The largest absolute Gasteiger partial charge is 0.382 e. The molecule has 1 N–H and O–H groups in total. The Balaban J connectivity index is 1.66. The van der Waals surface area contributed by atoms with Crippen LogP contribution in [0, 0.1) is 0 Å². The number of hydrogen-bond acceptors (Lipinski definition) is 5. The predicted molar refractivity (Wildman–Crippen MR) is 89.0 cm³/mol. The van der Waals surface area contributed by atoms with Gasteiger partial charge in [-0.15, -0.1) is 0 Å². The van der Waals surface area contributed by atoms with E-state index < -0.39 is 0 Å². The predicted octanol–water partition coefficient (Wildman–Crippen LogP) is 0.495. The van der Waals surface area contributed by atoms with E-state index in [1.54, 1.807) is 7.11 Å². The lowest BCUT2D eigenvalue weighted by Crippen LogP contribution is -2.53. The second-order valence-electron chi connectivity index (χ2n) is 5.84. The van der Waals surface area contributed by atoms with Crippen LogP contribution >= 0.6 is 0 Å². The van der Waals surface area contributed by atoms with Gasteiger partial charge in [0.05, 0.1) is 25.9 Å². The minimum absolute atomic E-state index is 0.155. The molecule has 7 nitrogen and oxygen atoms in total. The zero-order valence-corrected chi connectivity index (χ0v) is 14.5. The maximum Gasteiger partial charge on any atom is 0.193 e. The third-order valence-corrected chi connectivity index (χ3v) is 4.16. The normalized spacial score (nSPS) is 25.8. The van der Waals surface area contributed by atoms with Gasteiger partial charge in [-0.25, -0.2) is 0 Å². The van der Waals surface area contributed by atoms with Crippen molar-refractivity contribution in [3.63, 3.8) is 0 Å². The van der Waals surface area contributed by atoms with Gasteiger partial charge in [0, 0.05) is 47.0 Å². The van der Waals surface area contributed by atoms with E-state index in [0.29, 0.717) is 13.2 Å². The molecule has 2 unspecified atom stereocenters. The van der Waals surface area contributed by atoms with Crippen LogP contribution in [0.25, 0.3) is 0 Å². The molecule has 0 aromatic carbocycles. The molecule has 0 saturated carbocycles. The van der Waals surface area contributed by atoms with Crippen molar-refractivity contribution in [2.24, 2.45) is 4.99 Å². The minimum Gasteiger partial charge on any atom is -0.382 e. The summed E-state index contributed by atoms with van der Waals surface area (Å²) in [5.41, 5.74) is 0. The van der Waals surface area contributed by atoms with Crippen LogP contribution in [0.4, 0.5) is 0 Å². The summed E-state index contributed by atoms with van der Waals surface area (Å²) < 4.78 is 22.1. The van der Waals surface area contributed by atoms with Crippen molar-refractivity contribution in [2.75, 3.05) is 66.8 Å². The highest BCUT2D eigenvalue weighted by Crippen LogP contribution is 2.20. The maximum absolute atomic E-state index is 5.89. The molecule has 2 atom stereocenters. The SMILES string of the molecule is CN=C(NCCCOCCOC)N1CCOC(C2CCCO2)C1. The lowest BCUT2D eigenvalue weighted by atomic mass is 10.1. The van der Waals surface area contributed by atoms with E-state index in [0.717, 1.165) is 64.7 Å². The Morgan fingerprint density at radius 3 is 2.83 bits per heavy atom. The van der Waals surface area contributed by atoms with Gasteiger partial charge in [-0.3, -0.25) is 4.99 Å². The molecule has 0 spiro atoms. The second kappa shape index (κ2) is 10.8. The Morgan fingerprint density at radius 1 is 1.22 bits per heavy atom. The van der Waals surface area contributed by atoms with E-state index in [1.165, 1.54) is 0 Å². The summed E-state index contributed by atoms with van der Waals surface area (Å²) in [7, 11) is 3.51. The molecule has 2 aliphatic heterocycles. The van der Waals surface area contributed by atoms with Gasteiger partial charge in [-0.05, 0) is 19.3 Å². The Morgan fingerprint density at radius 2 is 2.09 bits per heavy atom. The first-order chi connectivity index (χ1) is 11.3. The van der Waals surface area contributed by atoms with Crippen LogP contribution in [-0.4, -0.2) is 89.9 Å². The van der Waals surface area contributed by atoms with E-state index in [-0.39, 0.29) is 12.2 Å². The summed E-state index contributed by atoms with van der Waals surface area (Å²) in [6.45, 7) is 6.18. The molecule has 7 heteroatoms. The number of methoxy groups -OCH3 is 1. The molecule has 0 aliphatic carbocycles. The van der Waals surface area contributed by atoms with Crippen molar-refractivity contribution in [1.82, 2.24) is 10.2 Å². The number of rotatable bonds is 8. The summed E-state index contributed by atoms with van der Waals surface area (Å²) in [6, 6.07) is 0. The number of guanidine groups is 1. The molecule has 134 valence electrons. The molecule has 2 saturated heterocycles. The van der Waals surface area contributed by atoms with Gasteiger partial charge in [-0.2, -0.15) is 0 Å². The van der Waals surface area contributed by atoms with Crippen molar-refractivity contribution in [3.8, 4) is 0 Å². The Bertz CT molecular complexity index is 348. The molecule has 0 aromatic rings. The third kappa shape index (κ3) is 6.25.